The van der Waals surface area contributed by atoms with Crippen LogP contribution in [0.3, 0.4) is 0 Å². The highest BCUT2D eigenvalue weighted by Crippen LogP contribution is 2.02. The first-order valence-corrected chi connectivity index (χ1v) is 7.90. The van der Waals surface area contributed by atoms with Crippen LogP contribution in [0.1, 0.15) is 11.1 Å². The second kappa shape index (κ2) is 9.87. The standard InChI is InChI=1S/C19H20N2O4/c22-13-17(11-15-7-3-1-4-8-15)21-18(23)12-20-19(24)25-14-16-9-5-2-6-10-16/h1-10,13,17H,11-12,14H2,(H,20,24)(H,21,23)/t17-/m0/s1. The van der Waals surface area contributed by atoms with Gasteiger partial charge in [-0.05, 0) is 17.5 Å². The first-order chi connectivity index (χ1) is 12.2. The van der Waals surface area contributed by atoms with E-state index in [0.29, 0.717) is 12.7 Å². The molecule has 0 bridgehead atoms. The van der Waals surface area contributed by atoms with E-state index in [2.05, 4.69) is 10.6 Å². The van der Waals surface area contributed by atoms with Crippen molar-refractivity contribution >= 4 is 18.3 Å². The van der Waals surface area contributed by atoms with E-state index >= 15 is 0 Å². The fraction of sp³-hybridized carbons (Fsp3) is 0.211. The SMILES string of the molecule is O=C[C@H](Cc1ccccc1)NC(=O)CNC(=O)OCc1ccccc1. The molecular formula is C19H20N2O4. The fourth-order valence-corrected chi connectivity index (χ4v) is 2.19. The number of ether oxygens (including phenoxy) is 1. The Balaban J connectivity index is 1.70. The summed E-state index contributed by atoms with van der Waals surface area (Å²) in [5, 5.41) is 4.92. The molecule has 0 saturated heterocycles. The summed E-state index contributed by atoms with van der Waals surface area (Å²) >= 11 is 0. The van der Waals surface area contributed by atoms with Crippen molar-refractivity contribution < 1.29 is 19.1 Å². The Labute approximate surface area is 146 Å². The van der Waals surface area contributed by atoms with Crippen LogP contribution in [0.4, 0.5) is 4.79 Å². The summed E-state index contributed by atoms with van der Waals surface area (Å²) in [6.45, 7) is -0.133. The van der Waals surface area contributed by atoms with Crippen LogP contribution in [0.5, 0.6) is 0 Å². The van der Waals surface area contributed by atoms with Crippen molar-refractivity contribution in [3.8, 4) is 0 Å². The van der Waals surface area contributed by atoms with E-state index in [9.17, 15) is 14.4 Å². The maximum absolute atomic E-state index is 11.8. The number of benzene rings is 2. The molecule has 0 aliphatic carbocycles. The van der Waals surface area contributed by atoms with Crippen LogP contribution in [0.25, 0.3) is 0 Å². The average Bonchev–Trinajstić information content (AvgIpc) is 2.66. The fourth-order valence-electron chi connectivity index (χ4n) is 2.19. The highest BCUT2D eigenvalue weighted by molar-refractivity contribution is 5.84. The lowest BCUT2D eigenvalue weighted by molar-refractivity contribution is -0.123. The molecule has 2 N–H and O–H groups in total. The highest BCUT2D eigenvalue weighted by atomic mass is 16.5. The van der Waals surface area contributed by atoms with Crippen LogP contribution in [-0.4, -0.2) is 30.9 Å². The quantitative estimate of drug-likeness (QED) is 0.718. The lowest BCUT2D eigenvalue weighted by Gasteiger charge is -2.13. The molecule has 0 fully saturated rings. The molecule has 6 heteroatoms. The molecule has 0 radical (unpaired) electrons. The zero-order valence-corrected chi connectivity index (χ0v) is 13.7. The van der Waals surface area contributed by atoms with Gasteiger partial charge in [0.15, 0.2) is 0 Å². The van der Waals surface area contributed by atoms with Crippen molar-refractivity contribution in [1.82, 2.24) is 10.6 Å². The minimum Gasteiger partial charge on any atom is -0.445 e. The van der Waals surface area contributed by atoms with Crippen LogP contribution >= 0.6 is 0 Å². The van der Waals surface area contributed by atoms with Crippen molar-refractivity contribution in [3.05, 3.63) is 71.8 Å². The summed E-state index contributed by atoms with van der Waals surface area (Å²) in [6, 6.07) is 17.9. The lowest BCUT2D eigenvalue weighted by atomic mass is 10.1. The monoisotopic (exact) mass is 340 g/mol. The second-order valence-electron chi connectivity index (χ2n) is 5.42. The first-order valence-electron chi connectivity index (χ1n) is 7.90. The molecule has 2 aromatic carbocycles. The van der Waals surface area contributed by atoms with E-state index in [1.807, 2.05) is 60.7 Å². The predicted molar refractivity (Wildman–Crippen MR) is 92.8 cm³/mol. The van der Waals surface area contributed by atoms with E-state index < -0.39 is 18.0 Å². The summed E-state index contributed by atoms with van der Waals surface area (Å²) in [7, 11) is 0. The topological polar surface area (TPSA) is 84.5 Å². The number of nitrogens with one attached hydrogen (secondary N) is 2. The van der Waals surface area contributed by atoms with Gasteiger partial charge < -0.3 is 20.2 Å². The Kier molecular flexibility index (Phi) is 7.18. The van der Waals surface area contributed by atoms with E-state index in [-0.39, 0.29) is 13.2 Å². The molecule has 0 aliphatic rings. The Morgan fingerprint density at radius 1 is 0.960 bits per heavy atom. The molecule has 6 nitrogen and oxygen atoms in total. The average molecular weight is 340 g/mol. The Bertz CT molecular complexity index is 689. The molecule has 0 saturated carbocycles. The maximum Gasteiger partial charge on any atom is 0.407 e. The van der Waals surface area contributed by atoms with Crippen LogP contribution in [0, 0.1) is 0 Å². The van der Waals surface area contributed by atoms with Gasteiger partial charge in [-0.25, -0.2) is 4.79 Å². The number of rotatable bonds is 8. The number of hydrogen-bond donors (Lipinski definition) is 2. The molecule has 0 aliphatic heterocycles. The van der Waals surface area contributed by atoms with Gasteiger partial charge in [-0.15, -0.1) is 0 Å². The summed E-state index contributed by atoms with van der Waals surface area (Å²) in [5.74, 6) is -0.454. The summed E-state index contributed by atoms with van der Waals surface area (Å²) in [6.07, 6.45) is 0.386. The Morgan fingerprint density at radius 3 is 2.16 bits per heavy atom. The van der Waals surface area contributed by atoms with Gasteiger partial charge >= 0.3 is 6.09 Å². The first kappa shape index (κ1) is 18.2. The highest BCUT2D eigenvalue weighted by Gasteiger charge is 2.13. The largest absolute Gasteiger partial charge is 0.445 e. The van der Waals surface area contributed by atoms with E-state index in [1.54, 1.807) is 0 Å². The van der Waals surface area contributed by atoms with Crippen LogP contribution < -0.4 is 10.6 Å². The zero-order valence-electron chi connectivity index (χ0n) is 13.7. The zero-order chi connectivity index (χ0) is 17.9. The number of hydrogen-bond acceptors (Lipinski definition) is 4. The van der Waals surface area contributed by atoms with Gasteiger partial charge in [0, 0.05) is 0 Å². The van der Waals surface area contributed by atoms with Crippen LogP contribution in [-0.2, 0) is 27.4 Å². The Hall–Kier alpha value is -3.15. The molecular weight excluding hydrogens is 320 g/mol. The van der Waals surface area contributed by atoms with Gasteiger partial charge in [0.1, 0.15) is 19.4 Å². The van der Waals surface area contributed by atoms with Crippen molar-refractivity contribution in [3.63, 3.8) is 0 Å². The third kappa shape index (κ3) is 6.87. The minimum atomic E-state index is -0.690. The van der Waals surface area contributed by atoms with Gasteiger partial charge in [-0.3, -0.25) is 4.79 Å². The van der Waals surface area contributed by atoms with E-state index in [4.69, 9.17) is 4.74 Å². The molecule has 2 amide bonds. The maximum atomic E-state index is 11.8. The van der Waals surface area contributed by atoms with E-state index in [0.717, 1.165) is 11.1 Å². The predicted octanol–water partition coefficient (Wildman–Crippen LogP) is 1.84. The number of aldehydes is 1. The van der Waals surface area contributed by atoms with Crippen molar-refractivity contribution in [2.24, 2.45) is 0 Å². The van der Waals surface area contributed by atoms with Gasteiger partial charge in [0.25, 0.3) is 0 Å². The van der Waals surface area contributed by atoms with Crippen molar-refractivity contribution in [1.29, 1.82) is 0 Å². The molecule has 1 atom stereocenters. The molecule has 25 heavy (non-hydrogen) atoms. The molecule has 2 aromatic rings. The smallest absolute Gasteiger partial charge is 0.407 e. The lowest BCUT2D eigenvalue weighted by Crippen LogP contribution is -2.43. The molecule has 0 heterocycles. The summed E-state index contributed by atoms with van der Waals surface area (Å²) in [4.78, 5) is 34.5. The van der Waals surface area contributed by atoms with E-state index in [1.165, 1.54) is 0 Å². The molecule has 130 valence electrons. The minimum absolute atomic E-state index is 0.124. The third-order valence-corrected chi connectivity index (χ3v) is 3.42. The molecule has 0 unspecified atom stereocenters. The van der Waals surface area contributed by atoms with Gasteiger partial charge in [0.05, 0.1) is 6.04 Å². The number of alkyl carbamates (subject to hydrolysis) is 1. The summed E-state index contributed by atoms with van der Waals surface area (Å²) < 4.78 is 5.01. The summed E-state index contributed by atoms with van der Waals surface area (Å²) in [5.41, 5.74) is 1.79. The van der Waals surface area contributed by atoms with Crippen molar-refractivity contribution in [2.45, 2.75) is 19.1 Å². The normalized spacial score (nSPS) is 11.2. The van der Waals surface area contributed by atoms with Crippen molar-refractivity contribution in [2.75, 3.05) is 6.54 Å². The van der Waals surface area contributed by atoms with Gasteiger partial charge in [-0.2, -0.15) is 0 Å². The third-order valence-electron chi connectivity index (χ3n) is 3.42. The molecule has 0 aromatic heterocycles. The van der Waals surface area contributed by atoms with Gasteiger partial charge in [0.2, 0.25) is 5.91 Å². The van der Waals surface area contributed by atoms with Crippen LogP contribution in [0.15, 0.2) is 60.7 Å². The van der Waals surface area contributed by atoms with Crippen LogP contribution in [0.2, 0.25) is 0 Å². The Morgan fingerprint density at radius 2 is 1.56 bits per heavy atom. The van der Waals surface area contributed by atoms with Gasteiger partial charge in [-0.1, -0.05) is 60.7 Å². The number of amides is 2. The molecule has 0 spiro atoms. The number of carbonyl (C=O) groups excluding carboxylic acids is 3. The second-order valence-corrected chi connectivity index (χ2v) is 5.42. The molecule has 2 rings (SSSR count). The number of carbonyl (C=O) groups is 3.